The minimum atomic E-state index is 1.07. The van der Waals surface area contributed by atoms with Gasteiger partial charge in [0.2, 0.25) is 0 Å². The summed E-state index contributed by atoms with van der Waals surface area (Å²) in [4.78, 5) is 5.73. The summed E-state index contributed by atoms with van der Waals surface area (Å²) in [5, 5.41) is 4.40. The topological polar surface area (TPSA) is 24.9 Å². The summed E-state index contributed by atoms with van der Waals surface area (Å²) in [5.41, 5.74) is 0. The number of nitrogens with zero attached hydrogens (tertiary/aromatic N) is 1. The van der Waals surface area contributed by atoms with Gasteiger partial charge in [0.1, 0.15) is 0 Å². The van der Waals surface area contributed by atoms with Crippen LogP contribution in [-0.4, -0.2) is 18.6 Å². The molecule has 1 aromatic heterocycles. The molecule has 0 aliphatic heterocycles. The van der Waals surface area contributed by atoms with Crippen molar-refractivity contribution in [2.24, 2.45) is 0 Å². The molecule has 0 unspecified atom stereocenters. The molecule has 68 valence electrons. The van der Waals surface area contributed by atoms with Crippen LogP contribution in [0.5, 0.6) is 0 Å². The van der Waals surface area contributed by atoms with Gasteiger partial charge in [0, 0.05) is 11.1 Å². The van der Waals surface area contributed by atoms with Gasteiger partial charge in [-0.1, -0.05) is 6.92 Å². The monoisotopic (exact) mass is 184 g/mol. The lowest BCUT2D eigenvalue weighted by Gasteiger charge is -1.95. The maximum absolute atomic E-state index is 4.31. The molecule has 0 aliphatic rings. The van der Waals surface area contributed by atoms with Crippen molar-refractivity contribution in [3.05, 3.63) is 16.1 Å². The molecular formula is C9H16N2S. The fourth-order valence-electron chi connectivity index (χ4n) is 1.07. The maximum Gasteiger partial charge on any atom is 0.0924 e. The summed E-state index contributed by atoms with van der Waals surface area (Å²) in [6.07, 6.45) is 5.45. The van der Waals surface area contributed by atoms with Crippen LogP contribution in [0.25, 0.3) is 0 Å². The Kier molecular flexibility index (Phi) is 4.25. The van der Waals surface area contributed by atoms with E-state index in [9.17, 15) is 0 Å². The molecule has 0 aromatic carbocycles. The molecular weight excluding hydrogens is 168 g/mol. The second kappa shape index (κ2) is 5.27. The predicted molar refractivity (Wildman–Crippen MR) is 53.7 cm³/mol. The van der Waals surface area contributed by atoms with Gasteiger partial charge in [0.15, 0.2) is 0 Å². The SMILES string of the molecule is CCc1ncc(CCCNC)s1. The zero-order valence-electron chi connectivity index (χ0n) is 7.76. The average Bonchev–Trinajstić information content (AvgIpc) is 2.53. The molecule has 1 heterocycles. The van der Waals surface area contributed by atoms with E-state index in [1.165, 1.54) is 22.7 Å². The lowest BCUT2D eigenvalue weighted by Crippen LogP contribution is -2.07. The highest BCUT2D eigenvalue weighted by Gasteiger charge is 1.98. The quantitative estimate of drug-likeness (QED) is 0.706. The van der Waals surface area contributed by atoms with E-state index in [1.54, 1.807) is 0 Å². The zero-order chi connectivity index (χ0) is 8.81. The van der Waals surface area contributed by atoms with Crippen LogP contribution in [0.15, 0.2) is 6.20 Å². The Morgan fingerprint density at radius 1 is 1.58 bits per heavy atom. The number of aromatic nitrogens is 1. The Labute approximate surface area is 78.0 Å². The van der Waals surface area contributed by atoms with E-state index in [0.29, 0.717) is 0 Å². The van der Waals surface area contributed by atoms with Gasteiger partial charge < -0.3 is 5.32 Å². The summed E-state index contributed by atoms with van der Waals surface area (Å²) < 4.78 is 0. The average molecular weight is 184 g/mol. The molecule has 12 heavy (non-hydrogen) atoms. The molecule has 0 saturated carbocycles. The van der Waals surface area contributed by atoms with Crippen molar-refractivity contribution in [1.29, 1.82) is 0 Å². The fourth-order valence-corrected chi connectivity index (χ4v) is 1.97. The molecule has 0 fully saturated rings. The van der Waals surface area contributed by atoms with Crippen LogP contribution >= 0.6 is 11.3 Å². The predicted octanol–water partition coefficient (Wildman–Crippen LogP) is 1.86. The van der Waals surface area contributed by atoms with Crippen LogP contribution in [0.4, 0.5) is 0 Å². The Morgan fingerprint density at radius 2 is 2.42 bits per heavy atom. The minimum Gasteiger partial charge on any atom is -0.320 e. The molecule has 0 atom stereocenters. The number of hydrogen-bond donors (Lipinski definition) is 1. The Balaban J connectivity index is 2.31. The van der Waals surface area contributed by atoms with Gasteiger partial charge >= 0.3 is 0 Å². The van der Waals surface area contributed by atoms with Crippen molar-refractivity contribution in [3.8, 4) is 0 Å². The maximum atomic E-state index is 4.31. The highest BCUT2D eigenvalue weighted by atomic mass is 32.1. The number of rotatable bonds is 5. The molecule has 1 rings (SSSR count). The molecule has 1 N–H and O–H groups in total. The van der Waals surface area contributed by atoms with Crippen molar-refractivity contribution in [2.75, 3.05) is 13.6 Å². The third kappa shape index (κ3) is 2.91. The minimum absolute atomic E-state index is 1.07. The second-order valence-electron chi connectivity index (χ2n) is 2.78. The Morgan fingerprint density at radius 3 is 3.00 bits per heavy atom. The van der Waals surface area contributed by atoms with Crippen LogP contribution in [0.1, 0.15) is 23.2 Å². The third-order valence-electron chi connectivity index (χ3n) is 1.75. The van der Waals surface area contributed by atoms with Crippen LogP contribution in [0, 0.1) is 0 Å². The van der Waals surface area contributed by atoms with Crippen LogP contribution in [0.2, 0.25) is 0 Å². The lowest BCUT2D eigenvalue weighted by atomic mass is 10.3. The first-order valence-electron chi connectivity index (χ1n) is 4.45. The van der Waals surface area contributed by atoms with E-state index in [2.05, 4.69) is 17.2 Å². The highest BCUT2D eigenvalue weighted by molar-refractivity contribution is 7.11. The smallest absolute Gasteiger partial charge is 0.0924 e. The Hall–Kier alpha value is -0.410. The number of nitrogens with one attached hydrogen (secondary N) is 1. The molecule has 0 spiro atoms. The van der Waals surface area contributed by atoms with Crippen molar-refractivity contribution < 1.29 is 0 Å². The van der Waals surface area contributed by atoms with E-state index in [4.69, 9.17) is 0 Å². The number of aryl methyl sites for hydroxylation is 2. The normalized spacial score (nSPS) is 10.5. The molecule has 0 saturated heterocycles. The van der Waals surface area contributed by atoms with Crippen molar-refractivity contribution in [1.82, 2.24) is 10.3 Å². The third-order valence-corrected chi connectivity index (χ3v) is 2.96. The standard InChI is InChI=1S/C9H16N2S/c1-3-9-11-7-8(12-9)5-4-6-10-2/h7,10H,3-6H2,1-2H3. The molecule has 2 nitrogen and oxygen atoms in total. The van der Waals surface area contributed by atoms with Crippen molar-refractivity contribution in [3.63, 3.8) is 0 Å². The molecule has 0 amide bonds. The van der Waals surface area contributed by atoms with Crippen LogP contribution in [-0.2, 0) is 12.8 Å². The first-order chi connectivity index (χ1) is 5.86. The van der Waals surface area contributed by atoms with E-state index in [0.717, 1.165) is 13.0 Å². The van der Waals surface area contributed by atoms with Gasteiger partial charge in [-0.2, -0.15) is 0 Å². The van der Waals surface area contributed by atoms with Gasteiger partial charge in [-0.05, 0) is 32.9 Å². The van der Waals surface area contributed by atoms with Gasteiger partial charge in [-0.3, -0.25) is 0 Å². The number of thiazole rings is 1. The Bertz CT molecular complexity index is 220. The summed E-state index contributed by atoms with van der Waals surface area (Å²) in [7, 11) is 1.99. The van der Waals surface area contributed by atoms with Crippen molar-refractivity contribution in [2.45, 2.75) is 26.2 Å². The largest absolute Gasteiger partial charge is 0.320 e. The summed E-state index contributed by atoms with van der Waals surface area (Å²) in [5.74, 6) is 0. The highest BCUT2D eigenvalue weighted by Crippen LogP contribution is 2.14. The first kappa shape index (κ1) is 9.68. The van der Waals surface area contributed by atoms with E-state index < -0.39 is 0 Å². The van der Waals surface area contributed by atoms with E-state index >= 15 is 0 Å². The molecule has 3 heteroatoms. The molecule has 0 bridgehead atoms. The van der Waals surface area contributed by atoms with Crippen LogP contribution < -0.4 is 5.32 Å². The van der Waals surface area contributed by atoms with Crippen LogP contribution in [0.3, 0.4) is 0 Å². The lowest BCUT2D eigenvalue weighted by molar-refractivity contribution is 0.729. The van der Waals surface area contributed by atoms with E-state index in [1.807, 2.05) is 24.6 Å². The zero-order valence-corrected chi connectivity index (χ0v) is 8.58. The number of hydrogen-bond acceptors (Lipinski definition) is 3. The van der Waals surface area contributed by atoms with E-state index in [-0.39, 0.29) is 0 Å². The fraction of sp³-hybridized carbons (Fsp3) is 0.667. The van der Waals surface area contributed by atoms with Gasteiger partial charge in [0.25, 0.3) is 0 Å². The summed E-state index contributed by atoms with van der Waals surface area (Å²) >= 11 is 1.84. The molecule has 0 aliphatic carbocycles. The van der Waals surface area contributed by atoms with Gasteiger partial charge in [-0.15, -0.1) is 11.3 Å². The van der Waals surface area contributed by atoms with Gasteiger partial charge in [-0.25, -0.2) is 4.98 Å². The van der Waals surface area contributed by atoms with Gasteiger partial charge in [0.05, 0.1) is 5.01 Å². The summed E-state index contributed by atoms with van der Waals surface area (Å²) in [6.45, 7) is 3.25. The molecule has 1 aromatic rings. The first-order valence-corrected chi connectivity index (χ1v) is 5.26. The summed E-state index contributed by atoms with van der Waals surface area (Å²) in [6, 6.07) is 0. The van der Waals surface area contributed by atoms with Crippen molar-refractivity contribution >= 4 is 11.3 Å². The second-order valence-corrected chi connectivity index (χ2v) is 3.98. The molecule has 0 radical (unpaired) electrons.